The Morgan fingerprint density at radius 2 is 1.79 bits per heavy atom. The summed E-state index contributed by atoms with van der Waals surface area (Å²) in [6, 6.07) is 15.6. The van der Waals surface area contributed by atoms with Crippen LogP contribution in [0.3, 0.4) is 0 Å². The van der Waals surface area contributed by atoms with Crippen molar-refractivity contribution in [3.05, 3.63) is 92.1 Å². The van der Waals surface area contributed by atoms with Crippen LogP contribution in [0.4, 0.5) is 0 Å². The molecule has 1 saturated carbocycles. The number of aromatic amines is 1. The van der Waals surface area contributed by atoms with Crippen molar-refractivity contribution >= 4 is 5.91 Å². The van der Waals surface area contributed by atoms with Crippen molar-refractivity contribution in [3.63, 3.8) is 0 Å². The number of aromatic nitrogens is 4. The smallest absolute Gasteiger partial charge is 0.349 e. The molecule has 2 aromatic heterocycles. The van der Waals surface area contributed by atoms with Crippen molar-refractivity contribution < 1.29 is 9.32 Å². The summed E-state index contributed by atoms with van der Waals surface area (Å²) in [7, 11) is 3.42. The minimum Gasteiger partial charge on any atom is -0.349 e. The molecule has 1 fully saturated rings. The van der Waals surface area contributed by atoms with E-state index in [-0.39, 0.29) is 23.8 Å². The summed E-state index contributed by atoms with van der Waals surface area (Å²) in [4.78, 5) is 47.1. The fraction of sp³-hybridized carbons (Fsp3) is 0.367. The number of aryl methyl sites for hydroxylation is 1. The van der Waals surface area contributed by atoms with E-state index in [1.165, 1.54) is 4.90 Å². The van der Waals surface area contributed by atoms with Gasteiger partial charge in [-0.1, -0.05) is 67.0 Å². The van der Waals surface area contributed by atoms with Gasteiger partial charge < -0.3 is 4.90 Å². The monoisotopic (exact) mass is 527 g/mol. The molecule has 0 unspecified atom stereocenters. The van der Waals surface area contributed by atoms with Crippen LogP contribution in [0.15, 0.2) is 62.6 Å². The van der Waals surface area contributed by atoms with Crippen LogP contribution in [0.25, 0.3) is 22.5 Å². The topological polar surface area (TPSA) is 114 Å². The van der Waals surface area contributed by atoms with Crippen molar-refractivity contribution in [2.75, 3.05) is 14.1 Å². The molecular weight excluding hydrogens is 494 g/mol. The summed E-state index contributed by atoms with van der Waals surface area (Å²) in [5.41, 5.74) is 4.78. The lowest BCUT2D eigenvalue weighted by Gasteiger charge is -2.18. The first-order chi connectivity index (χ1) is 18.9. The fourth-order valence-corrected chi connectivity index (χ4v) is 4.77. The van der Waals surface area contributed by atoms with Gasteiger partial charge >= 0.3 is 5.76 Å². The van der Waals surface area contributed by atoms with Gasteiger partial charge in [-0.3, -0.25) is 23.7 Å². The molecule has 0 atom stereocenters. The number of nitrogens with zero attached hydrogens (tertiary/aromatic N) is 4. The zero-order chi connectivity index (χ0) is 27.5. The van der Waals surface area contributed by atoms with Gasteiger partial charge in [0.2, 0.25) is 5.91 Å². The largest absolute Gasteiger partial charge is 0.439 e. The molecule has 39 heavy (non-hydrogen) atoms. The van der Waals surface area contributed by atoms with E-state index < -0.39 is 5.76 Å². The number of unbranched alkanes of at least 4 members (excludes halogenated alkanes) is 1. The molecule has 0 spiro atoms. The minimum atomic E-state index is -0.604. The lowest BCUT2D eigenvalue weighted by molar-refractivity contribution is -0.128. The molecule has 0 aliphatic heterocycles. The standard InChI is InChI=1S/C30H33N5O4/c1-4-5-10-25-31-27(21-15-16-21)24(17-26(36)34(2)3)29(37)35(25)18-19-11-13-20(14-12-19)22-8-6-7-9-23(22)28-32-30(38)39-33-28/h6-9,11-14,21H,4-5,10,15-18H2,1-3H3,(H,32,33,38). The highest BCUT2D eigenvalue weighted by atomic mass is 16.5. The van der Waals surface area contributed by atoms with Crippen molar-refractivity contribution in [2.45, 2.75) is 57.9 Å². The molecular formula is C30H33N5O4. The van der Waals surface area contributed by atoms with E-state index in [9.17, 15) is 14.4 Å². The Morgan fingerprint density at radius 3 is 2.41 bits per heavy atom. The van der Waals surface area contributed by atoms with Crippen LogP contribution in [0.5, 0.6) is 0 Å². The third-order valence-corrected chi connectivity index (χ3v) is 7.15. The van der Waals surface area contributed by atoms with Crippen LogP contribution in [0, 0.1) is 0 Å². The van der Waals surface area contributed by atoms with E-state index in [2.05, 4.69) is 17.1 Å². The zero-order valence-electron chi connectivity index (χ0n) is 22.6. The maximum atomic E-state index is 13.9. The minimum absolute atomic E-state index is 0.0680. The molecule has 1 amide bonds. The van der Waals surface area contributed by atoms with Gasteiger partial charge in [0.25, 0.3) is 5.56 Å². The Kier molecular flexibility index (Phi) is 7.58. The van der Waals surface area contributed by atoms with E-state index >= 15 is 0 Å². The number of rotatable bonds is 10. The van der Waals surface area contributed by atoms with Gasteiger partial charge in [-0.25, -0.2) is 9.78 Å². The summed E-state index contributed by atoms with van der Waals surface area (Å²) in [5, 5.41) is 3.84. The molecule has 4 aromatic rings. The van der Waals surface area contributed by atoms with Crippen molar-refractivity contribution in [2.24, 2.45) is 0 Å². The van der Waals surface area contributed by atoms with Crippen LogP contribution in [-0.4, -0.2) is 44.6 Å². The molecule has 9 heteroatoms. The normalized spacial score (nSPS) is 13.0. The number of hydrogen-bond acceptors (Lipinski definition) is 6. The van der Waals surface area contributed by atoms with Gasteiger partial charge in [0, 0.05) is 37.6 Å². The Bertz CT molecular complexity index is 1590. The maximum Gasteiger partial charge on any atom is 0.439 e. The molecule has 2 heterocycles. The van der Waals surface area contributed by atoms with Crippen LogP contribution >= 0.6 is 0 Å². The highest BCUT2D eigenvalue weighted by Gasteiger charge is 2.31. The quantitative estimate of drug-likeness (QED) is 0.331. The van der Waals surface area contributed by atoms with E-state index in [1.54, 1.807) is 18.7 Å². The summed E-state index contributed by atoms with van der Waals surface area (Å²) in [5.74, 6) is 0.729. The number of carbonyl (C=O) groups is 1. The van der Waals surface area contributed by atoms with Crippen molar-refractivity contribution in [1.82, 2.24) is 24.6 Å². The number of amides is 1. The van der Waals surface area contributed by atoms with Gasteiger partial charge in [-0.2, -0.15) is 0 Å². The number of benzene rings is 2. The summed E-state index contributed by atoms with van der Waals surface area (Å²) < 4.78 is 6.45. The molecule has 9 nitrogen and oxygen atoms in total. The molecule has 2 aromatic carbocycles. The summed E-state index contributed by atoms with van der Waals surface area (Å²) in [6.45, 7) is 2.50. The van der Waals surface area contributed by atoms with E-state index in [0.717, 1.165) is 59.5 Å². The molecule has 0 radical (unpaired) electrons. The van der Waals surface area contributed by atoms with Crippen molar-refractivity contribution in [1.29, 1.82) is 0 Å². The molecule has 0 bridgehead atoms. The molecule has 1 aliphatic rings. The number of H-pyrrole nitrogens is 1. The second-order valence-electron chi connectivity index (χ2n) is 10.3. The first-order valence-corrected chi connectivity index (χ1v) is 13.4. The highest BCUT2D eigenvalue weighted by molar-refractivity contribution is 5.80. The number of carbonyl (C=O) groups excluding carboxylic acids is 1. The predicted molar refractivity (Wildman–Crippen MR) is 149 cm³/mol. The number of hydrogen-bond donors (Lipinski definition) is 1. The van der Waals surface area contributed by atoms with Gasteiger partial charge in [-0.15, -0.1) is 0 Å². The summed E-state index contributed by atoms with van der Waals surface area (Å²) in [6.07, 6.45) is 4.75. The Labute approximate surface area is 226 Å². The third kappa shape index (κ3) is 5.77. The maximum absolute atomic E-state index is 13.9. The first kappa shape index (κ1) is 26.3. The van der Waals surface area contributed by atoms with E-state index in [1.807, 2.05) is 48.5 Å². The lowest BCUT2D eigenvalue weighted by atomic mass is 9.98. The van der Waals surface area contributed by atoms with Gasteiger partial charge in [0.15, 0.2) is 5.82 Å². The average molecular weight is 528 g/mol. The second kappa shape index (κ2) is 11.2. The van der Waals surface area contributed by atoms with E-state index in [4.69, 9.17) is 9.51 Å². The highest BCUT2D eigenvalue weighted by Crippen LogP contribution is 2.40. The molecule has 202 valence electrons. The average Bonchev–Trinajstić information content (AvgIpc) is 3.70. The van der Waals surface area contributed by atoms with Gasteiger partial charge in [0.05, 0.1) is 18.7 Å². The first-order valence-electron chi connectivity index (χ1n) is 13.4. The van der Waals surface area contributed by atoms with Crippen LogP contribution < -0.4 is 11.3 Å². The second-order valence-corrected chi connectivity index (χ2v) is 10.3. The Morgan fingerprint density at radius 1 is 1.08 bits per heavy atom. The van der Waals surface area contributed by atoms with Crippen LogP contribution in [-0.2, 0) is 24.2 Å². The Balaban J connectivity index is 1.50. The lowest BCUT2D eigenvalue weighted by Crippen LogP contribution is -2.34. The third-order valence-electron chi connectivity index (χ3n) is 7.15. The van der Waals surface area contributed by atoms with E-state index in [0.29, 0.717) is 24.4 Å². The SMILES string of the molecule is CCCCc1nc(C2CC2)c(CC(=O)N(C)C)c(=O)n1Cc1ccc(-c2ccccc2-c2noc(=O)[nH]2)cc1. The van der Waals surface area contributed by atoms with Gasteiger partial charge in [0.1, 0.15) is 5.82 Å². The van der Waals surface area contributed by atoms with Crippen LogP contribution in [0.1, 0.15) is 61.2 Å². The zero-order valence-corrected chi connectivity index (χ0v) is 22.6. The number of likely N-dealkylation sites (N-methyl/N-ethyl adjacent to an activating group) is 1. The molecule has 1 aliphatic carbocycles. The summed E-state index contributed by atoms with van der Waals surface area (Å²) >= 11 is 0. The number of nitrogens with one attached hydrogen (secondary N) is 1. The molecule has 0 saturated heterocycles. The van der Waals surface area contributed by atoms with Gasteiger partial charge in [-0.05, 0) is 36.0 Å². The fourth-order valence-electron chi connectivity index (χ4n) is 4.77. The van der Waals surface area contributed by atoms with Crippen molar-refractivity contribution in [3.8, 4) is 22.5 Å². The molecule has 5 rings (SSSR count). The van der Waals surface area contributed by atoms with Crippen LogP contribution in [0.2, 0.25) is 0 Å². The Hall–Kier alpha value is -4.27. The predicted octanol–water partition coefficient (Wildman–Crippen LogP) is 4.15. The molecule has 1 N–H and O–H groups in total.